The topological polar surface area (TPSA) is 65.4 Å². The number of hydrogen-bond donors (Lipinski definition) is 2. The Morgan fingerprint density at radius 2 is 2.07 bits per heavy atom. The van der Waals surface area contributed by atoms with E-state index in [1.165, 1.54) is 34.7 Å². The fourth-order valence-corrected chi connectivity index (χ4v) is 4.05. The maximum absolute atomic E-state index is 4.55. The minimum absolute atomic E-state index is 0.736. The zero-order chi connectivity index (χ0) is 18.9. The van der Waals surface area contributed by atoms with Crippen LogP contribution in [0.3, 0.4) is 0 Å². The Kier molecular flexibility index (Phi) is 7.45. The van der Waals surface area contributed by atoms with Gasteiger partial charge in [0, 0.05) is 56.9 Å². The molecule has 2 aromatic rings. The van der Waals surface area contributed by atoms with Crippen molar-refractivity contribution in [2.75, 3.05) is 31.6 Å². The monoisotopic (exact) mass is 386 g/mol. The average Bonchev–Trinajstić information content (AvgIpc) is 3.19. The van der Waals surface area contributed by atoms with Crippen LogP contribution < -0.4 is 15.5 Å². The molecule has 1 aliphatic heterocycles. The Morgan fingerprint density at radius 1 is 1.22 bits per heavy atom. The zero-order valence-electron chi connectivity index (χ0n) is 16.4. The number of aliphatic imine (C=N–C) groups is 1. The molecule has 7 heteroatoms. The summed E-state index contributed by atoms with van der Waals surface area (Å²) < 4.78 is 0. The van der Waals surface area contributed by atoms with Gasteiger partial charge in [-0.05, 0) is 43.4 Å². The van der Waals surface area contributed by atoms with Crippen LogP contribution in [0.15, 0.2) is 29.5 Å². The third kappa shape index (κ3) is 5.92. The minimum atomic E-state index is 0.736. The van der Waals surface area contributed by atoms with Gasteiger partial charge >= 0.3 is 0 Å². The van der Waals surface area contributed by atoms with Gasteiger partial charge in [0.05, 0.1) is 5.01 Å². The van der Waals surface area contributed by atoms with Gasteiger partial charge in [0.1, 0.15) is 5.82 Å². The van der Waals surface area contributed by atoms with E-state index in [0.29, 0.717) is 0 Å². The number of aryl methyl sites for hydroxylation is 1. The van der Waals surface area contributed by atoms with Crippen molar-refractivity contribution >= 4 is 23.1 Å². The number of rotatable bonds is 7. The van der Waals surface area contributed by atoms with E-state index in [1.807, 2.05) is 12.4 Å². The quantitative estimate of drug-likeness (QED) is 0.566. The summed E-state index contributed by atoms with van der Waals surface area (Å²) in [6.07, 6.45) is 9.72. The normalized spacial score (nSPS) is 15.0. The van der Waals surface area contributed by atoms with E-state index in [4.69, 9.17) is 0 Å². The predicted octanol–water partition coefficient (Wildman–Crippen LogP) is 3.00. The zero-order valence-corrected chi connectivity index (χ0v) is 17.2. The number of guanidine groups is 1. The van der Waals surface area contributed by atoms with E-state index in [-0.39, 0.29) is 0 Å². The highest BCUT2D eigenvalue weighted by Crippen LogP contribution is 2.18. The lowest BCUT2D eigenvalue weighted by atomic mass is 10.1. The summed E-state index contributed by atoms with van der Waals surface area (Å²) in [4.78, 5) is 17.1. The Hall–Kier alpha value is -2.15. The van der Waals surface area contributed by atoms with Crippen molar-refractivity contribution in [2.45, 2.75) is 45.6 Å². The highest BCUT2D eigenvalue weighted by molar-refractivity contribution is 7.11. The van der Waals surface area contributed by atoms with Gasteiger partial charge in [-0.2, -0.15) is 0 Å². The van der Waals surface area contributed by atoms with E-state index in [2.05, 4.69) is 49.6 Å². The maximum atomic E-state index is 4.55. The number of aromatic nitrogens is 2. The van der Waals surface area contributed by atoms with Gasteiger partial charge in [0.25, 0.3) is 0 Å². The van der Waals surface area contributed by atoms with Gasteiger partial charge in [-0.15, -0.1) is 11.3 Å². The third-order valence-electron chi connectivity index (χ3n) is 4.75. The lowest BCUT2D eigenvalue weighted by Crippen LogP contribution is -2.38. The molecule has 1 fully saturated rings. The maximum Gasteiger partial charge on any atom is 0.191 e. The molecular formula is C20H30N6S. The van der Waals surface area contributed by atoms with E-state index in [0.717, 1.165) is 50.8 Å². The van der Waals surface area contributed by atoms with Crippen molar-refractivity contribution < 1.29 is 0 Å². The Balaban J connectivity index is 1.46. The third-order valence-corrected chi connectivity index (χ3v) is 5.96. The second-order valence-electron chi connectivity index (χ2n) is 6.75. The molecule has 0 amide bonds. The SMILES string of the molecule is CCc1cnc(CCNC(=NC)NCc2ccnc(N3CCCCC3)c2)s1. The summed E-state index contributed by atoms with van der Waals surface area (Å²) >= 11 is 1.79. The molecule has 0 atom stereocenters. The number of nitrogens with zero attached hydrogens (tertiary/aromatic N) is 4. The van der Waals surface area contributed by atoms with Crippen LogP contribution in [0.5, 0.6) is 0 Å². The van der Waals surface area contributed by atoms with Crippen LogP contribution in [0.2, 0.25) is 0 Å². The summed E-state index contributed by atoms with van der Waals surface area (Å²) in [6.45, 7) is 5.95. The Labute approximate surface area is 166 Å². The van der Waals surface area contributed by atoms with Gasteiger partial charge < -0.3 is 15.5 Å². The molecule has 146 valence electrons. The number of piperidine rings is 1. The van der Waals surface area contributed by atoms with Crippen LogP contribution in [-0.2, 0) is 19.4 Å². The first-order valence-electron chi connectivity index (χ1n) is 9.86. The van der Waals surface area contributed by atoms with Gasteiger partial charge in [-0.25, -0.2) is 9.97 Å². The van der Waals surface area contributed by atoms with Crippen molar-refractivity contribution in [1.29, 1.82) is 0 Å². The molecular weight excluding hydrogens is 356 g/mol. The summed E-state index contributed by atoms with van der Waals surface area (Å²) in [5.41, 5.74) is 1.22. The largest absolute Gasteiger partial charge is 0.357 e. The molecule has 0 aromatic carbocycles. The molecule has 1 aliphatic rings. The molecule has 0 spiro atoms. The molecule has 0 aliphatic carbocycles. The second kappa shape index (κ2) is 10.3. The molecule has 2 N–H and O–H groups in total. The summed E-state index contributed by atoms with van der Waals surface area (Å²) in [5.74, 6) is 1.91. The minimum Gasteiger partial charge on any atom is -0.357 e. The molecule has 3 rings (SSSR count). The summed E-state index contributed by atoms with van der Waals surface area (Å²) in [5, 5.41) is 7.94. The molecule has 0 radical (unpaired) electrons. The molecule has 0 saturated carbocycles. The first kappa shape index (κ1) is 19.6. The fourth-order valence-electron chi connectivity index (χ4n) is 3.19. The molecule has 0 unspecified atom stereocenters. The van der Waals surface area contributed by atoms with Crippen LogP contribution in [-0.4, -0.2) is 42.6 Å². The van der Waals surface area contributed by atoms with Crippen LogP contribution in [0, 0.1) is 0 Å². The molecule has 6 nitrogen and oxygen atoms in total. The Bertz CT molecular complexity index is 736. The van der Waals surface area contributed by atoms with Crippen molar-refractivity contribution in [2.24, 2.45) is 4.99 Å². The smallest absolute Gasteiger partial charge is 0.191 e. The highest BCUT2D eigenvalue weighted by atomic mass is 32.1. The lowest BCUT2D eigenvalue weighted by molar-refractivity contribution is 0.573. The molecule has 3 heterocycles. The van der Waals surface area contributed by atoms with Crippen molar-refractivity contribution in [3.05, 3.63) is 40.0 Å². The molecule has 1 saturated heterocycles. The number of hydrogen-bond acceptors (Lipinski definition) is 5. The first-order chi connectivity index (χ1) is 13.3. The van der Waals surface area contributed by atoms with E-state index in [1.54, 1.807) is 18.4 Å². The van der Waals surface area contributed by atoms with E-state index in [9.17, 15) is 0 Å². The molecule has 27 heavy (non-hydrogen) atoms. The number of pyridine rings is 1. The fraction of sp³-hybridized carbons (Fsp3) is 0.550. The average molecular weight is 387 g/mol. The van der Waals surface area contributed by atoms with E-state index < -0.39 is 0 Å². The Morgan fingerprint density at radius 3 is 2.81 bits per heavy atom. The standard InChI is InChI=1S/C20H30N6S/c1-3-17-15-24-19(27-17)8-10-23-20(21-2)25-14-16-7-9-22-18(13-16)26-11-5-4-6-12-26/h7,9,13,15H,3-6,8,10-12,14H2,1-2H3,(H2,21,23,25). The van der Waals surface area contributed by atoms with Crippen molar-refractivity contribution in [3.63, 3.8) is 0 Å². The number of thiazole rings is 1. The first-order valence-corrected chi connectivity index (χ1v) is 10.7. The van der Waals surface area contributed by atoms with Crippen LogP contribution in [0.1, 0.15) is 41.6 Å². The van der Waals surface area contributed by atoms with Crippen LogP contribution in [0.25, 0.3) is 0 Å². The van der Waals surface area contributed by atoms with Crippen molar-refractivity contribution in [3.8, 4) is 0 Å². The van der Waals surface area contributed by atoms with E-state index >= 15 is 0 Å². The second-order valence-corrected chi connectivity index (χ2v) is 7.95. The predicted molar refractivity (Wildman–Crippen MR) is 114 cm³/mol. The number of nitrogens with one attached hydrogen (secondary N) is 2. The van der Waals surface area contributed by atoms with Gasteiger partial charge in [0.2, 0.25) is 0 Å². The lowest BCUT2D eigenvalue weighted by Gasteiger charge is -2.28. The van der Waals surface area contributed by atoms with Crippen molar-refractivity contribution in [1.82, 2.24) is 20.6 Å². The van der Waals surface area contributed by atoms with Gasteiger partial charge in [-0.3, -0.25) is 4.99 Å². The number of anilines is 1. The van der Waals surface area contributed by atoms with Gasteiger partial charge in [0.15, 0.2) is 5.96 Å². The molecule has 2 aromatic heterocycles. The summed E-state index contributed by atoms with van der Waals surface area (Å²) in [6, 6.07) is 4.25. The van der Waals surface area contributed by atoms with Crippen LogP contribution >= 0.6 is 11.3 Å². The summed E-state index contributed by atoms with van der Waals surface area (Å²) in [7, 11) is 1.81. The van der Waals surface area contributed by atoms with Crippen LogP contribution in [0.4, 0.5) is 5.82 Å². The highest BCUT2D eigenvalue weighted by Gasteiger charge is 2.12. The molecule has 0 bridgehead atoms. The van der Waals surface area contributed by atoms with Gasteiger partial charge in [-0.1, -0.05) is 6.92 Å².